The van der Waals surface area contributed by atoms with Crippen LogP contribution in [0.3, 0.4) is 0 Å². The monoisotopic (exact) mass is 359 g/mol. The van der Waals surface area contributed by atoms with Gasteiger partial charge < -0.3 is 18.1 Å². The van der Waals surface area contributed by atoms with Crippen LogP contribution in [0.25, 0.3) is 11.7 Å². The van der Waals surface area contributed by atoms with E-state index in [0.717, 1.165) is 29.0 Å². The van der Waals surface area contributed by atoms with E-state index in [9.17, 15) is 9.59 Å². The van der Waals surface area contributed by atoms with Crippen LogP contribution in [-0.2, 0) is 17.8 Å². The standard InChI is InChI=1S/C18H21N3O5/c1-12-10-14(13(2)20(12)7-5-8-24-3)15(22)11-21-18(23)26-17(19-21)16-6-4-9-25-16/h4,6,9-10H,5,7-8,11H2,1-3H3. The Kier molecular flexibility index (Phi) is 5.22. The summed E-state index contributed by atoms with van der Waals surface area (Å²) < 4.78 is 18.4. The number of ketones is 1. The Balaban J connectivity index is 1.79. The van der Waals surface area contributed by atoms with Crippen LogP contribution in [0.2, 0.25) is 0 Å². The Morgan fingerprint density at radius 2 is 2.15 bits per heavy atom. The van der Waals surface area contributed by atoms with Gasteiger partial charge in [0, 0.05) is 37.2 Å². The van der Waals surface area contributed by atoms with Gasteiger partial charge in [0.05, 0.1) is 6.26 Å². The number of carbonyl (C=O) groups excluding carboxylic acids is 1. The van der Waals surface area contributed by atoms with E-state index in [1.165, 1.54) is 6.26 Å². The molecule has 0 radical (unpaired) electrons. The summed E-state index contributed by atoms with van der Waals surface area (Å²) in [5, 5.41) is 4.04. The van der Waals surface area contributed by atoms with E-state index in [1.54, 1.807) is 19.2 Å². The Hall–Kier alpha value is -2.87. The number of aryl methyl sites for hydroxylation is 1. The van der Waals surface area contributed by atoms with Crippen molar-refractivity contribution in [2.45, 2.75) is 33.4 Å². The highest BCUT2D eigenvalue weighted by Gasteiger charge is 2.19. The van der Waals surface area contributed by atoms with Gasteiger partial charge in [0.25, 0.3) is 5.89 Å². The first kappa shape index (κ1) is 17.9. The van der Waals surface area contributed by atoms with Crippen molar-refractivity contribution in [1.82, 2.24) is 14.3 Å². The molecule has 0 amide bonds. The lowest BCUT2D eigenvalue weighted by Gasteiger charge is -2.09. The van der Waals surface area contributed by atoms with E-state index in [0.29, 0.717) is 17.9 Å². The first-order valence-corrected chi connectivity index (χ1v) is 8.32. The molecule has 8 nitrogen and oxygen atoms in total. The number of nitrogens with zero attached hydrogens (tertiary/aromatic N) is 3. The summed E-state index contributed by atoms with van der Waals surface area (Å²) >= 11 is 0. The van der Waals surface area contributed by atoms with Gasteiger partial charge in [0.15, 0.2) is 11.5 Å². The predicted octanol–water partition coefficient (Wildman–Crippen LogP) is 2.43. The molecule has 0 aliphatic heterocycles. The van der Waals surface area contributed by atoms with Gasteiger partial charge >= 0.3 is 5.76 Å². The molecule has 0 unspecified atom stereocenters. The lowest BCUT2D eigenvalue weighted by atomic mass is 10.1. The van der Waals surface area contributed by atoms with Crippen LogP contribution in [-0.4, -0.2) is 33.8 Å². The molecule has 0 atom stereocenters. The number of rotatable bonds is 8. The van der Waals surface area contributed by atoms with Crippen LogP contribution in [0.1, 0.15) is 28.2 Å². The van der Waals surface area contributed by atoms with Gasteiger partial charge in [-0.3, -0.25) is 4.79 Å². The lowest BCUT2D eigenvalue weighted by molar-refractivity contribution is 0.0964. The van der Waals surface area contributed by atoms with Crippen molar-refractivity contribution in [3.63, 3.8) is 0 Å². The molecule has 0 saturated carbocycles. The fourth-order valence-corrected chi connectivity index (χ4v) is 2.92. The maximum absolute atomic E-state index is 12.7. The van der Waals surface area contributed by atoms with Crippen LogP contribution in [0, 0.1) is 13.8 Å². The van der Waals surface area contributed by atoms with Gasteiger partial charge in [-0.05, 0) is 38.5 Å². The van der Waals surface area contributed by atoms with Crippen LogP contribution in [0.4, 0.5) is 0 Å². The molecule has 0 fully saturated rings. The quantitative estimate of drug-likeness (QED) is 0.453. The predicted molar refractivity (Wildman–Crippen MR) is 93.2 cm³/mol. The van der Waals surface area contributed by atoms with Crippen molar-refractivity contribution in [3.8, 4) is 11.7 Å². The molecule has 138 valence electrons. The number of aromatic nitrogens is 3. The maximum Gasteiger partial charge on any atom is 0.437 e. The third-order valence-electron chi connectivity index (χ3n) is 4.24. The normalized spacial score (nSPS) is 11.2. The zero-order valence-electron chi connectivity index (χ0n) is 15.0. The average molecular weight is 359 g/mol. The zero-order valence-corrected chi connectivity index (χ0v) is 15.0. The van der Waals surface area contributed by atoms with E-state index in [4.69, 9.17) is 13.6 Å². The Morgan fingerprint density at radius 1 is 1.35 bits per heavy atom. The molecule has 0 saturated heterocycles. The molecule has 3 aromatic heterocycles. The summed E-state index contributed by atoms with van der Waals surface area (Å²) in [6, 6.07) is 5.13. The van der Waals surface area contributed by atoms with Crippen molar-refractivity contribution in [3.05, 3.63) is 52.0 Å². The molecule has 0 bridgehead atoms. The molecule has 3 rings (SSSR count). The summed E-state index contributed by atoms with van der Waals surface area (Å²) in [5.74, 6) is -0.501. The van der Waals surface area contributed by atoms with Crippen molar-refractivity contribution in [2.24, 2.45) is 0 Å². The Bertz CT molecular complexity index is 946. The number of carbonyl (C=O) groups is 1. The third kappa shape index (κ3) is 3.55. The van der Waals surface area contributed by atoms with Crippen LogP contribution in [0.15, 0.2) is 38.1 Å². The SMILES string of the molecule is COCCCn1c(C)cc(C(=O)Cn2nc(-c3ccco3)oc2=O)c1C. The van der Waals surface area contributed by atoms with E-state index in [2.05, 4.69) is 9.67 Å². The second kappa shape index (κ2) is 7.57. The molecule has 3 heterocycles. The number of furan rings is 1. The summed E-state index contributed by atoms with van der Waals surface area (Å²) in [5.41, 5.74) is 2.44. The van der Waals surface area contributed by atoms with Gasteiger partial charge in [-0.2, -0.15) is 4.68 Å². The van der Waals surface area contributed by atoms with E-state index < -0.39 is 5.76 Å². The van der Waals surface area contributed by atoms with Crippen molar-refractivity contribution < 1.29 is 18.4 Å². The number of Topliss-reactive ketones (excluding diaryl/α,β-unsaturated/α-hetero) is 1. The van der Waals surface area contributed by atoms with E-state index in [-0.39, 0.29) is 18.2 Å². The summed E-state index contributed by atoms with van der Waals surface area (Å²) in [7, 11) is 1.66. The zero-order chi connectivity index (χ0) is 18.7. The van der Waals surface area contributed by atoms with Gasteiger partial charge in [-0.25, -0.2) is 4.79 Å². The minimum Gasteiger partial charge on any atom is -0.459 e. The molecule has 0 aliphatic rings. The number of ether oxygens (including phenoxy) is 1. The van der Waals surface area contributed by atoms with Crippen LogP contribution < -0.4 is 5.76 Å². The lowest BCUT2D eigenvalue weighted by Crippen LogP contribution is -2.22. The first-order chi connectivity index (χ1) is 12.5. The van der Waals surface area contributed by atoms with E-state index in [1.807, 2.05) is 19.9 Å². The average Bonchev–Trinajstić information content (AvgIpc) is 3.31. The first-order valence-electron chi connectivity index (χ1n) is 8.32. The van der Waals surface area contributed by atoms with Crippen LogP contribution >= 0.6 is 0 Å². The Labute approximate surface area is 150 Å². The minimum absolute atomic E-state index is 0.0536. The second-order valence-electron chi connectivity index (χ2n) is 6.01. The Morgan fingerprint density at radius 3 is 2.85 bits per heavy atom. The molecule has 0 aromatic carbocycles. The highest BCUT2D eigenvalue weighted by Crippen LogP contribution is 2.18. The third-order valence-corrected chi connectivity index (χ3v) is 4.24. The molecule has 3 aromatic rings. The highest BCUT2D eigenvalue weighted by molar-refractivity contribution is 5.97. The van der Waals surface area contributed by atoms with Crippen LogP contribution in [0.5, 0.6) is 0 Å². The fraction of sp³-hybridized carbons (Fsp3) is 0.389. The fourth-order valence-electron chi connectivity index (χ4n) is 2.92. The summed E-state index contributed by atoms with van der Waals surface area (Å²) in [4.78, 5) is 24.6. The second-order valence-corrected chi connectivity index (χ2v) is 6.01. The molecule has 0 N–H and O–H groups in total. The topological polar surface area (TPSA) is 92.4 Å². The molecule has 8 heteroatoms. The molecule has 0 spiro atoms. The largest absolute Gasteiger partial charge is 0.459 e. The number of hydrogen-bond acceptors (Lipinski definition) is 6. The molecule has 26 heavy (non-hydrogen) atoms. The van der Waals surface area contributed by atoms with Gasteiger partial charge in [-0.15, -0.1) is 5.10 Å². The van der Waals surface area contributed by atoms with Crippen molar-refractivity contribution in [1.29, 1.82) is 0 Å². The number of hydrogen-bond donors (Lipinski definition) is 0. The van der Waals surface area contributed by atoms with Crippen molar-refractivity contribution in [2.75, 3.05) is 13.7 Å². The number of methoxy groups -OCH3 is 1. The summed E-state index contributed by atoms with van der Waals surface area (Å²) in [6.07, 6.45) is 2.31. The van der Waals surface area contributed by atoms with Gasteiger partial charge in [0.2, 0.25) is 0 Å². The maximum atomic E-state index is 12.7. The molecular formula is C18H21N3O5. The van der Waals surface area contributed by atoms with E-state index >= 15 is 0 Å². The molecule has 0 aliphatic carbocycles. The van der Waals surface area contributed by atoms with Crippen molar-refractivity contribution >= 4 is 5.78 Å². The van der Waals surface area contributed by atoms with Gasteiger partial charge in [0.1, 0.15) is 6.54 Å². The summed E-state index contributed by atoms with van der Waals surface area (Å²) in [6.45, 7) is 5.09. The highest BCUT2D eigenvalue weighted by atomic mass is 16.5. The molecular weight excluding hydrogens is 338 g/mol. The minimum atomic E-state index is -0.696. The van der Waals surface area contributed by atoms with Gasteiger partial charge in [-0.1, -0.05) is 0 Å². The smallest absolute Gasteiger partial charge is 0.437 e.